The van der Waals surface area contributed by atoms with Gasteiger partial charge in [0.25, 0.3) is 0 Å². The molecule has 0 saturated carbocycles. The van der Waals surface area contributed by atoms with E-state index in [9.17, 15) is 0 Å². The van der Waals surface area contributed by atoms with E-state index >= 15 is 0 Å². The number of rotatable bonds is 0. The Kier molecular flexibility index (Phi) is 15.9. The molecule has 0 rings (SSSR count). The molecular formula is C24H56P2Pd2+2. The summed E-state index contributed by atoms with van der Waals surface area (Å²) >= 11 is 0. The summed E-state index contributed by atoms with van der Waals surface area (Å²) in [6.07, 6.45) is 0. The fraction of sp³-hybridized carbons (Fsp3) is 1.00. The SMILES string of the molecule is CC(C)(C)[PH+](C(C)(C)C)C(C)(C)C.CC(C)(C)[PH+](C(C)(C)C)C(C)(C)C.[Pd].[Pd]. The Morgan fingerprint density at radius 3 is 0.321 bits per heavy atom. The summed E-state index contributed by atoms with van der Waals surface area (Å²) in [6, 6.07) is 0. The van der Waals surface area contributed by atoms with Crippen molar-refractivity contribution < 1.29 is 40.8 Å². The van der Waals surface area contributed by atoms with Crippen molar-refractivity contribution in [1.29, 1.82) is 0 Å². The minimum Gasteiger partial charge on any atom is -0.0261 e. The van der Waals surface area contributed by atoms with Gasteiger partial charge in [-0.1, -0.05) is 0 Å². The van der Waals surface area contributed by atoms with Gasteiger partial charge in [-0.2, -0.15) is 0 Å². The molecule has 0 saturated heterocycles. The summed E-state index contributed by atoms with van der Waals surface area (Å²) in [5, 5.41) is 2.92. The van der Waals surface area contributed by atoms with Crippen molar-refractivity contribution in [2.24, 2.45) is 0 Å². The third-order valence-electron chi connectivity index (χ3n) is 4.50. The quantitative estimate of drug-likeness (QED) is 0.187. The molecule has 0 aliphatic heterocycles. The van der Waals surface area contributed by atoms with E-state index in [1.807, 2.05) is 0 Å². The Morgan fingerprint density at radius 2 is 0.321 bits per heavy atom. The maximum Gasteiger partial charge on any atom is 0.0703 e. The van der Waals surface area contributed by atoms with Crippen LogP contribution in [0.25, 0.3) is 0 Å². The van der Waals surface area contributed by atoms with Gasteiger partial charge in [-0.05, 0) is 125 Å². The van der Waals surface area contributed by atoms with E-state index in [2.05, 4.69) is 125 Å². The summed E-state index contributed by atoms with van der Waals surface area (Å²) in [5.74, 6) is 0. The Labute approximate surface area is 211 Å². The van der Waals surface area contributed by atoms with Crippen molar-refractivity contribution in [3.8, 4) is 0 Å². The van der Waals surface area contributed by atoms with E-state index < -0.39 is 15.8 Å². The zero-order valence-electron chi connectivity index (χ0n) is 22.6. The van der Waals surface area contributed by atoms with E-state index in [0.717, 1.165) is 0 Å². The van der Waals surface area contributed by atoms with Crippen LogP contribution in [-0.4, -0.2) is 30.9 Å². The Morgan fingerprint density at radius 1 is 0.250 bits per heavy atom. The van der Waals surface area contributed by atoms with Crippen LogP contribution in [0.3, 0.4) is 0 Å². The van der Waals surface area contributed by atoms with Crippen LogP contribution in [0.15, 0.2) is 0 Å². The number of hydrogen-bond donors (Lipinski definition) is 0. The maximum atomic E-state index is 2.40. The van der Waals surface area contributed by atoms with Crippen LogP contribution in [0.1, 0.15) is 125 Å². The van der Waals surface area contributed by atoms with Gasteiger partial charge >= 0.3 is 0 Å². The Bertz CT molecular complexity index is 308. The van der Waals surface area contributed by atoms with Gasteiger partial charge in [0.05, 0.1) is 30.9 Å². The van der Waals surface area contributed by atoms with Gasteiger partial charge in [-0.15, -0.1) is 0 Å². The van der Waals surface area contributed by atoms with Gasteiger partial charge in [-0.25, -0.2) is 0 Å². The molecule has 0 atom stereocenters. The molecule has 0 aromatic heterocycles. The topological polar surface area (TPSA) is 0 Å². The Hall–Kier alpha value is 2.18. The first-order chi connectivity index (χ1) is 10.7. The van der Waals surface area contributed by atoms with Gasteiger partial charge in [0.1, 0.15) is 0 Å². The van der Waals surface area contributed by atoms with Crippen molar-refractivity contribution in [3.63, 3.8) is 0 Å². The molecule has 0 fully saturated rings. The van der Waals surface area contributed by atoms with Crippen molar-refractivity contribution in [2.75, 3.05) is 0 Å². The maximum absolute atomic E-state index is 2.40. The molecule has 0 unspecified atom stereocenters. The average Bonchev–Trinajstić information content (AvgIpc) is 1.97. The van der Waals surface area contributed by atoms with Gasteiger partial charge in [-0.3, -0.25) is 0 Å². The average molecular weight is 620 g/mol. The molecule has 0 aromatic rings. The van der Waals surface area contributed by atoms with Crippen LogP contribution < -0.4 is 0 Å². The second kappa shape index (κ2) is 11.9. The molecule has 180 valence electrons. The van der Waals surface area contributed by atoms with Crippen molar-refractivity contribution in [3.05, 3.63) is 0 Å². The van der Waals surface area contributed by atoms with E-state index in [4.69, 9.17) is 0 Å². The molecule has 28 heavy (non-hydrogen) atoms. The summed E-state index contributed by atoms with van der Waals surface area (Å²) in [6.45, 7) is 43.2. The predicted molar refractivity (Wildman–Crippen MR) is 135 cm³/mol. The van der Waals surface area contributed by atoms with Crippen LogP contribution in [-0.2, 0) is 40.8 Å². The van der Waals surface area contributed by atoms with Crippen molar-refractivity contribution in [2.45, 2.75) is 156 Å². The van der Waals surface area contributed by atoms with E-state index in [1.165, 1.54) is 0 Å². The second-order valence-electron chi connectivity index (χ2n) is 14.2. The van der Waals surface area contributed by atoms with E-state index in [1.54, 1.807) is 0 Å². The Balaban J connectivity index is -0.000000192. The molecule has 0 aromatic carbocycles. The summed E-state index contributed by atoms with van der Waals surface area (Å²) < 4.78 is 0. The van der Waals surface area contributed by atoms with Gasteiger partial charge < -0.3 is 0 Å². The summed E-state index contributed by atoms with van der Waals surface area (Å²) in [7, 11) is -0.782. The molecule has 0 N–H and O–H groups in total. The van der Waals surface area contributed by atoms with Gasteiger partial charge in [0.2, 0.25) is 0 Å². The summed E-state index contributed by atoms with van der Waals surface area (Å²) in [4.78, 5) is 0. The molecule has 0 aliphatic rings. The van der Waals surface area contributed by atoms with Crippen molar-refractivity contribution in [1.82, 2.24) is 0 Å². The predicted octanol–water partition coefficient (Wildman–Crippen LogP) is 9.19. The normalized spacial score (nSPS) is 14.1. The van der Waals surface area contributed by atoms with Crippen LogP contribution >= 0.6 is 15.8 Å². The molecule has 0 radical (unpaired) electrons. The first-order valence-corrected chi connectivity index (χ1v) is 13.5. The fourth-order valence-electron chi connectivity index (χ4n) is 6.75. The molecular weight excluding hydrogens is 563 g/mol. The molecule has 0 amide bonds. The zero-order chi connectivity index (χ0) is 22.2. The third-order valence-corrected chi connectivity index (χ3v) is 13.5. The van der Waals surface area contributed by atoms with E-state index in [-0.39, 0.29) is 40.8 Å². The summed E-state index contributed by atoms with van der Waals surface area (Å²) in [5.41, 5.74) is 0. The van der Waals surface area contributed by atoms with Crippen LogP contribution in [0.2, 0.25) is 0 Å². The zero-order valence-corrected chi connectivity index (χ0v) is 27.7. The first-order valence-electron chi connectivity index (χ1n) is 10.5. The van der Waals surface area contributed by atoms with Crippen LogP contribution in [0.4, 0.5) is 0 Å². The first kappa shape index (κ1) is 37.5. The minimum absolute atomic E-state index is 0. The third kappa shape index (κ3) is 14.3. The largest absolute Gasteiger partial charge is 0.0703 e. The number of hydrogen-bond acceptors (Lipinski definition) is 0. The standard InChI is InChI=1S/2C12H27P.2Pd/c2*1-10(2,3)13(11(4,5)6)12(7,8)9;;/h2*1-9H3;;/p+2. The molecule has 0 nitrogen and oxygen atoms in total. The van der Waals surface area contributed by atoms with Gasteiger partial charge in [0.15, 0.2) is 0 Å². The molecule has 0 heterocycles. The smallest absolute Gasteiger partial charge is 0.0261 e. The minimum atomic E-state index is -0.391. The molecule has 0 bridgehead atoms. The van der Waals surface area contributed by atoms with E-state index in [0.29, 0.717) is 30.9 Å². The second-order valence-corrected chi connectivity index (χ2v) is 24.8. The van der Waals surface area contributed by atoms with Crippen LogP contribution in [0, 0.1) is 0 Å². The molecule has 0 spiro atoms. The molecule has 0 aliphatic carbocycles. The fourth-order valence-corrected chi connectivity index (χ4v) is 20.2. The van der Waals surface area contributed by atoms with Gasteiger partial charge in [0, 0.05) is 56.7 Å². The van der Waals surface area contributed by atoms with Crippen molar-refractivity contribution >= 4 is 15.8 Å². The monoisotopic (exact) mass is 618 g/mol. The molecule has 4 heteroatoms. The van der Waals surface area contributed by atoms with Crippen LogP contribution in [0.5, 0.6) is 0 Å².